The van der Waals surface area contributed by atoms with Crippen molar-refractivity contribution >= 4 is 16.9 Å². The highest BCUT2D eigenvalue weighted by Gasteiger charge is 2.11. The first kappa shape index (κ1) is 19.3. The van der Waals surface area contributed by atoms with Gasteiger partial charge < -0.3 is 9.84 Å². The lowest BCUT2D eigenvalue weighted by molar-refractivity contribution is 0.0697. The molecule has 0 spiro atoms. The van der Waals surface area contributed by atoms with Crippen LogP contribution in [0.15, 0.2) is 90.0 Å². The number of hydrogen-bond acceptors (Lipinski definition) is 5. The molecule has 8 heteroatoms. The summed E-state index contributed by atoms with van der Waals surface area (Å²) >= 11 is 0. The van der Waals surface area contributed by atoms with Gasteiger partial charge in [-0.25, -0.2) is 14.5 Å². The summed E-state index contributed by atoms with van der Waals surface area (Å²) in [5.41, 5.74) is 2.14. The van der Waals surface area contributed by atoms with Gasteiger partial charge in [-0.15, -0.1) is 0 Å². The molecule has 0 aliphatic carbocycles. The maximum absolute atomic E-state index is 12.6. The summed E-state index contributed by atoms with van der Waals surface area (Å²) in [6.07, 6.45) is 2.47. The Morgan fingerprint density at radius 3 is 2.50 bits per heavy atom. The van der Waals surface area contributed by atoms with Gasteiger partial charge in [0.05, 0.1) is 22.7 Å². The van der Waals surface area contributed by atoms with Gasteiger partial charge in [0.25, 0.3) is 5.56 Å². The Bertz CT molecular complexity index is 1510. The van der Waals surface area contributed by atoms with Crippen LogP contribution in [0.4, 0.5) is 0 Å². The van der Waals surface area contributed by atoms with Crippen molar-refractivity contribution in [1.82, 2.24) is 19.7 Å². The fraction of sp³-hybridized carbons (Fsp3) is 0. The number of nitrogens with one attached hydrogen (secondary N) is 1. The molecule has 3 aromatic carbocycles. The second kappa shape index (κ2) is 7.84. The van der Waals surface area contributed by atoms with Crippen molar-refractivity contribution < 1.29 is 14.6 Å². The third-order valence-electron chi connectivity index (χ3n) is 4.89. The molecule has 0 aliphatic rings. The number of aromatic carboxylic acids is 1. The number of ether oxygens (including phenoxy) is 1. The number of rotatable bonds is 5. The molecule has 0 fully saturated rings. The van der Waals surface area contributed by atoms with E-state index >= 15 is 0 Å². The molecule has 8 nitrogen and oxygen atoms in total. The normalized spacial score (nSPS) is 10.9. The van der Waals surface area contributed by atoms with E-state index < -0.39 is 5.97 Å². The zero-order valence-electron chi connectivity index (χ0n) is 16.6. The molecule has 0 saturated heterocycles. The monoisotopic (exact) mass is 424 g/mol. The molecule has 156 valence electrons. The predicted octanol–water partition coefficient (Wildman–Crippen LogP) is 4.27. The van der Waals surface area contributed by atoms with Crippen molar-refractivity contribution in [1.29, 1.82) is 0 Å². The first-order valence-corrected chi connectivity index (χ1v) is 9.72. The summed E-state index contributed by atoms with van der Waals surface area (Å²) < 4.78 is 7.20. The van der Waals surface area contributed by atoms with Crippen LogP contribution in [0, 0.1) is 0 Å². The van der Waals surface area contributed by atoms with Crippen molar-refractivity contribution in [2.75, 3.05) is 0 Å². The van der Waals surface area contributed by atoms with Crippen LogP contribution in [0.1, 0.15) is 10.4 Å². The van der Waals surface area contributed by atoms with Crippen molar-refractivity contribution in [2.24, 2.45) is 0 Å². The molecule has 0 atom stereocenters. The van der Waals surface area contributed by atoms with Gasteiger partial charge in [0.1, 0.15) is 11.5 Å². The molecule has 5 aromatic rings. The summed E-state index contributed by atoms with van der Waals surface area (Å²) in [6, 6.07) is 22.7. The van der Waals surface area contributed by atoms with E-state index in [9.17, 15) is 9.59 Å². The topological polar surface area (TPSA) is 110 Å². The van der Waals surface area contributed by atoms with E-state index in [1.54, 1.807) is 18.2 Å². The number of aromatic amines is 1. The number of aromatic nitrogens is 4. The summed E-state index contributed by atoms with van der Waals surface area (Å²) in [6.45, 7) is 0. The Morgan fingerprint density at radius 2 is 1.72 bits per heavy atom. The number of fused-ring (bicyclic) bond motifs is 1. The minimum atomic E-state index is -1.11. The van der Waals surface area contributed by atoms with Crippen LogP contribution < -0.4 is 10.3 Å². The predicted molar refractivity (Wildman–Crippen MR) is 118 cm³/mol. The van der Waals surface area contributed by atoms with Gasteiger partial charge in [0, 0.05) is 6.20 Å². The molecule has 2 heterocycles. The second-order valence-corrected chi connectivity index (χ2v) is 7.04. The minimum absolute atomic E-state index is 0.00535. The summed E-state index contributed by atoms with van der Waals surface area (Å²) in [5.74, 6) is 0.149. The fourth-order valence-corrected chi connectivity index (χ4v) is 3.33. The second-order valence-electron chi connectivity index (χ2n) is 7.04. The largest absolute Gasteiger partial charge is 0.478 e. The SMILES string of the molecule is O=C(O)c1cnn(-c2nc3ccc(Oc4cccc(-c5ccccc5)c4)cc3c(=O)[nH]2)c1. The van der Waals surface area contributed by atoms with Gasteiger partial charge in [-0.2, -0.15) is 5.10 Å². The van der Waals surface area contributed by atoms with E-state index in [2.05, 4.69) is 15.1 Å². The van der Waals surface area contributed by atoms with Gasteiger partial charge in [0.2, 0.25) is 5.95 Å². The average molecular weight is 424 g/mol. The van der Waals surface area contributed by atoms with Crippen molar-refractivity contribution in [3.8, 4) is 28.6 Å². The van der Waals surface area contributed by atoms with Crippen LogP contribution in [0.5, 0.6) is 11.5 Å². The zero-order valence-corrected chi connectivity index (χ0v) is 16.6. The molecular weight excluding hydrogens is 408 g/mol. The van der Waals surface area contributed by atoms with Crippen LogP contribution in [0.25, 0.3) is 28.0 Å². The number of benzene rings is 3. The molecule has 0 bridgehead atoms. The van der Waals surface area contributed by atoms with E-state index in [-0.39, 0.29) is 17.1 Å². The number of carbonyl (C=O) groups is 1. The van der Waals surface area contributed by atoms with Gasteiger partial charge in [-0.3, -0.25) is 9.78 Å². The van der Waals surface area contributed by atoms with Gasteiger partial charge in [-0.05, 0) is 41.5 Å². The van der Waals surface area contributed by atoms with Crippen LogP contribution in [-0.4, -0.2) is 30.8 Å². The van der Waals surface area contributed by atoms with E-state index in [4.69, 9.17) is 9.84 Å². The van der Waals surface area contributed by atoms with Gasteiger partial charge >= 0.3 is 5.97 Å². The third-order valence-corrected chi connectivity index (χ3v) is 4.89. The number of carboxylic acid groups (broad SMARTS) is 1. The molecule has 0 unspecified atom stereocenters. The molecule has 32 heavy (non-hydrogen) atoms. The lowest BCUT2D eigenvalue weighted by Gasteiger charge is -2.09. The Morgan fingerprint density at radius 1 is 0.938 bits per heavy atom. The quantitative estimate of drug-likeness (QED) is 0.436. The molecule has 5 rings (SSSR count). The van der Waals surface area contributed by atoms with Crippen molar-refractivity contribution in [3.63, 3.8) is 0 Å². The first-order valence-electron chi connectivity index (χ1n) is 9.72. The van der Waals surface area contributed by atoms with Crippen LogP contribution >= 0.6 is 0 Å². The third kappa shape index (κ3) is 3.72. The van der Waals surface area contributed by atoms with Gasteiger partial charge in [-0.1, -0.05) is 42.5 Å². The maximum atomic E-state index is 12.6. The Hall–Kier alpha value is -4.72. The van der Waals surface area contributed by atoms with Crippen molar-refractivity contribution in [3.05, 3.63) is 101 Å². The van der Waals surface area contributed by atoms with E-state index in [0.717, 1.165) is 11.1 Å². The molecule has 2 aromatic heterocycles. The summed E-state index contributed by atoms with van der Waals surface area (Å²) in [5, 5.41) is 13.3. The fourth-order valence-electron chi connectivity index (χ4n) is 3.33. The molecular formula is C24H16N4O4. The molecule has 0 radical (unpaired) electrons. The zero-order chi connectivity index (χ0) is 22.1. The molecule has 0 saturated carbocycles. The standard InChI is InChI=1S/C24H16N4O4/c29-22-20-12-19(32-18-8-4-7-16(11-18)15-5-2-1-3-6-15)9-10-21(20)26-24(27-22)28-14-17(13-25-28)23(30)31/h1-14H,(H,30,31)(H,26,27,29). The highest BCUT2D eigenvalue weighted by atomic mass is 16.5. The Kier molecular flexibility index (Phi) is 4.72. The highest BCUT2D eigenvalue weighted by Crippen LogP contribution is 2.28. The smallest absolute Gasteiger partial charge is 0.338 e. The first-order chi connectivity index (χ1) is 15.6. The summed E-state index contributed by atoms with van der Waals surface area (Å²) in [4.78, 5) is 30.7. The number of hydrogen-bond donors (Lipinski definition) is 2. The van der Waals surface area contributed by atoms with Gasteiger partial charge in [0.15, 0.2) is 0 Å². The lowest BCUT2D eigenvalue weighted by atomic mass is 10.1. The van der Waals surface area contributed by atoms with E-state index in [1.165, 1.54) is 17.1 Å². The lowest BCUT2D eigenvalue weighted by Crippen LogP contribution is -2.14. The number of nitrogens with zero attached hydrogens (tertiary/aromatic N) is 3. The van der Waals surface area contributed by atoms with Crippen LogP contribution in [0.3, 0.4) is 0 Å². The number of carboxylic acids is 1. The van der Waals surface area contributed by atoms with Crippen LogP contribution in [0.2, 0.25) is 0 Å². The van der Waals surface area contributed by atoms with Crippen molar-refractivity contribution in [2.45, 2.75) is 0 Å². The molecule has 0 amide bonds. The molecule has 2 N–H and O–H groups in total. The maximum Gasteiger partial charge on any atom is 0.338 e. The minimum Gasteiger partial charge on any atom is -0.478 e. The average Bonchev–Trinajstić information content (AvgIpc) is 3.31. The molecule has 0 aliphatic heterocycles. The highest BCUT2D eigenvalue weighted by molar-refractivity contribution is 5.87. The van der Waals surface area contributed by atoms with Crippen LogP contribution in [-0.2, 0) is 0 Å². The summed E-state index contributed by atoms with van der Waals surface area (Å²) in [7, 11) is 0. The van der Waals surface area contributed by atoms with E-state index in [0.29, 0.717) is 22.4 Å². The van der Waals surface area contributed by atoms with E-state index in [1.807, 2.05) is 54.6 Å². The Balaban J connectivity index is 1.46. The number of H-pyrrole nitrogens is 1. The Labute approximate surface area is 181 Å².